The number of rotatable bonds is 7. The van der Waals surface area contributed by atoms with Crippen LogP contribution in [-0.2, 0) is 16.0 Å². The molecule has 0 atom stereocenters. The van der Waals surface area contributed by atoms with Gasteiger partial charge >= 0.3 is 6.18 Å². The highest BCUT2D eigenvalue weighted by molar-refractivity contribution is 7.92. The van der Waals surface area contributed by atoms with Crippen molar-refractivity contribution in [2.45, 2.75) is 36.1 Å². The SMILES string of the molecule is COc1cc(F)cc(C(=O)NCCC(C)(C)S(=O)(=O)c2cccc(C(F)(F)F)c2)c1. The van der Waals surface area contributed by atoms with E-state index in [1.54, 1.807) is 0 Å². The van der Waals surface area contributed by atoms with Crippen molar-refractivity contribution in [3.05, 3.63) is 59.4 Å². The van der Waals surface area contributed by atoms with E-state index in [2.05, 4.69) is 5.32 Å². The van der Waals surface area contributed by atoms with Crippen LogP contribution in [0.1, 0.15) is 36.2 Å². The summed E-state index contributed by atoms with van der Waals surface area (Å²) in [6.07, 6.45) is -4.75. The molecule has 0 fully saturated rings. The molecule has 2 rings (SSSR count). The molecular weight excluding hydrogens is 426 g/mol. The molecule has 0 saturated heterocycles. The summed E-state index contributed by atoms with van der Waals surface area (Å²) in [6, 6.07) is 6.94. The van der Waals surface area contributed by atoms with Crippen molar-refractivity contribution in [2.75, 3.05) is 13.7 Å². The van der Waals surface area contributed by atoms with E-state index in [9.17, 15) is 30.8 Å². The molecule has 0 aliphatic rings. The van der Waals surface area contributed by atoms with Gasteiger partial charge in [-0.1, -0.05) is 6.07 Å². The quantitative estimate of drug-likeness (QED) is 0.645. The molecule has 1 N–H and O–H groups in total. The fourth-order valence-electron chi connectivity index (χ4n) is 2.68. The summed E-state index contributed by atoms with van der Waals surface area (Å²) in [5, 5.41) is 2.49. The smallest absolute Gasteiger partial charge is 0.416 e. The fourth-order valence-corrected chi connectivity index (χ4v) is 4.23. The first-order valence-electron chi connectivity index (χ1n) is 8.82. The minimum Gasteiger partial charge on any atom is -0.497 e. The summed E-state index contributed by atoms with van der Waals surface area (Å²) in [5.74, 6) is -1.17. The van der Waals surface area contributed by atoms with Gasteiger partial charge in [0, 0.05) is 18.2 Å². The number of sulfone groups is 1. The fraction of sp³-hybridized carbons (Fsp3) is 0.350. The van der Waals surface area contributed by atoms with Crippen LogP contribution in [0.5, 0.6) is 5.75 Å². The van der Waals surface area contributed by atoms with Gasteiger partial charge in [0.15, 0.2) is 9.84 Å². The van der Waals surface area contributed by atoms with Gasteiger partial charge in [0.25, 0.3) is 5.91 Å². The summed E-state index contributed by atoms with van der Waals surface area (Å²) in [5.41, 5.74) is -1.07. The Morgan fingerprint density at radius 1 is 1.10 bits per heavy atom. The van der Waals surface area contributed by atoms with Crippen molar-refractivity contribution in [1.82, 2.24) is 5.32 Å². The minimum absolute atomic E-state index is 0.00890. The van der Waals surface area contributed by atoms with Crippen molar-refractivity contribution in [3.8, 4) is 5.75 Å². The molecule has 0 heterocycles. The van der Waals surface area contributed by atoms with Crippen LogP contribution in [0, 0.1) is 5.82 Å². The molecule has 0 radical (unpaired) electrons. The number of benzene rings is 2. The maximum atomic E-state index is 13.5. The monoisotopic (exact) mass is 447 g/mol. The number of ether oxygens (including phenoxy) is 1. The van der Waals surface area contributed by atoms with Crippen LogP contribution in [0.25, 0.3) is 0 Å². The van der Waals surface area contributed by atoms with Crippen molar-refractivity contribution in [1.29, 1.82) is 0 Å². The van der Waals surface area contributed by atoms with E-state index in [-0.39, 0.29) is 24.3 Å². The number of carbonyl (C=O) groups is 1. The van der Waals surface area contributed by atoms with Crippen LogP contribution >= 0.6 is 0 Å². The van der Waals surface area contributed by atoms with Gasteiger partial charge < -0.3 is 10.1 Å². The van der Waals surface area contributed by atoms with Gasteiger partial charge in [0.2, 0.25) is 0 Å². The standard InChI is InChI=1S/C20H21F4NO4S/c1-19(2,30(27,28)17-6-4-5-14(11-17)20(22,23)24)7-8-25-18(26)13-9-15(21)12-16(10-13)29-3/h4-6,9-12H,7-8H2,1-3H3,(H,25,26). The summed E-state index contributed by atoms with van der Waals surface area (Å²) in [4.78, 5) is 11.8. The van der Waals surface area contributed by atoms with Crippen LogP contribution in [0.15, 0.2) is 47.4 Å². The molecule has 2 aromatic rings. The van der Waals surface area contributed by atoms with E-state index in [0.717, 1.165) is 30.3 Å². The minimum atomic E-state index is -4.67. The Labute approximate surface area is 172 Å². The number of hydrogen-bond donors (Lipinski definition) is 1. The van der Waals surface area contributed by atoms with E-state index in [0.29, 0.717) is 6.07 Å². The molecule has 0 aromatic heterocycles. The number of alkyl halides is 3. The number of hydrogen-bond acceptors (Lipinski definition) is 4. The third-order valence-electron chi connectivity index (χ3n) is 4.58. The van der Waals surface area contributed by atoms with Crippen molar-refractivity contribution in [3.63, 3.8) is 0 Å². The lowest BCUT2D eigenvalue weighted by atomic mass is 10.1. The van der Waals surface area contributed by atoms with Crippen LogP contribution in [0.3, 0.4) is 0 Å². The number of nitrogens with one attached hydrogen (secondary N) is 1. The molecule has 5 nitrogen and oxygen atoms in total. The second-order valence-electron chi connectivity index (χ2n) is 7.17. The number of methoxy groups -OCH3 is 1. The van der Waals surface area contributed by atoms with Crippen molar-refractivity contribution in [2.24, 2.45) is 0 Å². The van der Waals surface area contributed by atoms with E-state index in [1.807, 2.05) is 0 Å². The maximum Gasteiger partial charge on any atom is 0.416 e. The van der Waals surface area contributed by atoms with Crippen molar-refractivity contribution >= 4 is 15.7 Å². The van der Waals surface area contributed by atoms with Gasteiger partial charge in [-0.05, 0) is 50.6 Å². The lowest BCUT2D eigenvalue weighted by molar-refractivity contribution is -0.137. The van der Waals surface area contributed by atoms with Gasteiger partial charge in [-0.2, -0.15) is 13.2 Å². The van der Waals surface area contributed by atoms with Gasteiger partial charge in [0.05, 0.1) is 22.3 Å². The molecule has 30 heavy (non-hydrogen) atoms. The molecule has 164 valence electrons. The van der Waals surface area contributed by atoms with Crippen molar-refractivity contribution < 1.29 is 35.5 Å². The lowest BCUT2D eigenvalue weighted by Crippen LogP contribution is -2.37. The van der Waals surface area contributed by atoms with Gasteiger partial charge in [-0.15, -0.1) is 0 Å². The second-order valence-corrected chi connectivity index (χ2v) is 9.76. The van der Waals surface area contributed by atoms with Crippen LogP contribution in [0.2, 0.25) is 0 Å². The Hall–Kier alpha value is -2.62. The molecule has 0 spiro atoms. The third kappa shape index (κ3) is 5.29. The highest BCUT2D eigenvalue weighted by Gasteiger charge is 2.37. The Morgan fingerprint density at radius 2 is 1.77 bits per heavy atom. The molecule has 0 saturated carbocycles. The first-order valence-corrected chi connectivity index (χ1v) is 10.3. The van der Waals surface area contributed by atoms with E-state index < -0.39 is 42.9 Å². The summed E-state index contributed by atoms with van der Waals surface area (Å²) >= 11 is 0. The van der Waals surface area contributed by atoms with E-state index in [4.69, 9.17) is 4.74 Å². The zero-order valence-electron chi connectivity index (χ0n) is 16.5. The summed E-state index contributed by atoms with van der Waals surface area (Å²) < 4.78 is 81.4. The lowest BCUT2D eigenvalue weighted by Gasteiger charge is -2.25. The Kier molecular flexibility index (Phi) is 6.80. The molecule has 0 aliphatic heterocycles. The number of halogens is 4. The Morgan fingerprint density at radius 3 is 2.37 bits per heavy atom. The highest BCUT2D eigenvalue weighted by Crippen LogP contribution is 2.34. The molecule has 10 heteroatoms. The van der Waals surface area contributed by atoms with E-state index >= 15 is 0 Å². The summed E-state index contributed by atoms with van der Waals surface area (Å²) in [6.45, 7) is 2.63. The molecule has 0 unspecified atom stereocenters. The molecule has 0 bridgehead atoms. The molecular formula is C20H21F4NO4S. The van der Waals surface area contributed by atoms with Crippen LogP contribution in [-0.4, -0.2) is 32.7 Å². The number of amides is 1. The topological polar surface area (TPSA) is 72.5 Å². The first kappa shape index (κ1) is 23.7. The van der Waals surface area contributed by atoms with Crippen LogP contribution in [0.4, 0.5) is 17.6 Å². The first-order chi connectivity index (χ1) is 13.8. The average Bonchev–Trinajstić information content (AvgIpc) is 2.66. The largest absolute Gasteiger partial charge is 0.497 e. The molecule has 0 aliphatic carbocycles. The zero-order valence-corrected chi connectivity index (χ0v) is 17.3. The summed E-state index contributed by atoms with van der Waals surface area (Å²) in [7, 11) is -2.82. The predicted molar refractivity (Wildman–Crippen MR) is 103 cm³/mol. The molecule has 1 amide bonds. The maximum absolute atomic E-state index is 13.5. The second kappa shape index (κ2) is 8.63. The Balaban J connectivity index is 2.13. The highest BCUT2D eigenvalue weighted by atomic mass is 32.2. The normalized spacial score (nSPS) is 12.5. The predicted octanol–water partition coefficient (Wildman–Crippen LogP) is 4.23. The van der Waals surface area contributed by atoms with Gasteiger partial charge in [-0.25, -0.2) is 12.8 Å². The van der Waals surface area contributed by atoms with E-state index in [1.165, 1.54) is 27.0 Å². The number of carbonyl (C=O) groups excluding carboxylic acids is 1. The van der Waals surface area contributed by atoms with Gasteiger partial charge in [0.1, 0.15) is 11.6 Å². The Bertz CT molecular complexity index is 1030. The third-order valence-corrected chi connectivity index (χ3v) is 7.11. The van der Waals surface area contributed by atoms with Crippen LogP contribution < -0.4 is 10.1 Å². The zero-order chi connectivity index (χ0) is 22.7. The average molecular weight is 447 g/mol. The van der Waals surface area contributed by atoms with Gasteiger partial charge in [-0.3, -0.25) is 4.79 Å². The molecule has 2 aromatic carbocycles.